The minimum absolute atomic E-state index is 0.0510. The van der Waals surface area contributed by atoms with Gasteiger partial charge in [-0.1, -0.05) is 45.9 Å². The maximum Gasteiger partial charge on any atom is 0.315 e. The molecule has 0 saturated carbocycles. The number of phenols is 2. The molecule has 18 nitrogen and oxygen atoms in total. The molecule has 6 atom stereocenters. The van der Waals surface area contributed by atoms with Crippen molar-refractivity contribution in [2.45, 2.75) is 136 Å². The number of hydrogen-bond donors (Lipinski definition) is 6. The Labute approximate surface area is 419 Å². The molecular weight excluding hydrogens is 923 g/mol. The van der Waals surface area contributed by atoms with Gasteiger partial charge in [0, 0.05) is 106 Å². The van der Waals surface area contributed by atoms with Gasteiger partial charge >= 0.3 is 11.8 Å². The number of aliphatic hydroxyl groups excluding tert-OH is 2. The number of anilines is 2. The topological polar surface area (TPSA) is 245 Å². The van der Waals surface area contributed by atoms with Crippen LogP contribution in [-0.2, 0) is 23.9 Å². The third-order valence-corrected chi connectivity index (χ3v) is 14.8. The van der Waals surface area contributed by atoms with Crippen molar-refractivity contribution in [2.24, 2.45) is 27.7 Å². The number of hydrogen-bond acceptors (Lipinski definition) is 16. The van der Waals surface area contributed by atoms with E-state index < -0.39 is 71.4 Å². The van der Waals surface area contributed by atoms with E-state index >= 15 is 0 Å². The lowest BCUT2D eigenvalue weighted by Gasteiger charge is -2.38. The Morgan fingerprint density at radius 3 is 2.44 bits per heavy atom. The Bertz CT molecular complexity index is 2800. The lowest BCUT2D eigenvalue weighted by Crippen LogP contribution is -2.47. The van der Waals surface area contributed by atoms with Gasteiger partial charge in [-0.2, -0.15) is 0 Å². The van der Waals surface area contributed by atoms with E-state index in [1.807, 2.05) is 12.1 Å². The number of likely N-dealkylation sites (tertiary alicyclic amines) is 2. The first kappa shape index (κ1) is 52.0. The second-order valence-electron chi connectivity index (χ2n) is 20.7. The van der Waals surface area contributed by atoms with Crippen LogP contribution in [0.1, 0.15) is 109 Å². The van der Waals surface area contributed by atoms with Gasteiger partial charge in [-0.05, 0) is 63.7 Å². The minimum Gasteiger partial charge on any atom is -0.507 e. The molecule has 2 saturated heterocycles. The number of amides is 2. The lowest BCUT2D eigenvalue weighted by molar-refractivity contribution is -0.155. The second-order valence-corrected chi connectivity index (χ2v) is 20.7. The Morgan fingerprint density at radius 2 is 1.75 bits per heavy atom. The van der Waals surface area contributed by atoms with Crippen molar-refractivity contribution in [3.63, 3.8) is 0 Å². The Balaban J connectivity index is 1.08. The zero-order valence-corrected chi connectivity index (χ0v) is 42.3. The largest absolute Gasteiger partial charge is 0.507 e. The highest BCUT2D eigenvalue weighted by Gasteiger charge is 2.50. The fourth-order valence-corrected chi connectivity index (χ4v) is 10.5. The molecule has 18 heteroatoms. The summed E-state index contributed by atoms with van der Waals surface area (Å²) in [4.78, 5) is 73.2. The summed E-state index contributed by atoms with van der Waals surface area (Å²) in [7, 11) is 0. The number of carbonyl (C=O) groups excluding carboxylic acids is 4. The average Bonchev–Trinajstić information content (AvgIpc) is 3.85. The predicted molar refractivity (Wildman–Crippen MR) is 269 cm³/mol. The third-order valence-electron chi connectivity index (χ3n) is 14.8. The first-order valence-electron chi connectivity index (χ1n) is 25.3. The lowest BCUT2D eigenvalue weighted by atomic mass is 9.86. The van der Waals surface area contributed by atoms with Gasteiger partial charge in [-0.3, -0.25) is 29.2 Å². The molecule has 7 heterocycles. The molecule has 72 heavy (non-hydrogen) atoms. The number of phenolic OH excluding ortho intramolecular Hbond substituents is 2. The molecule has 5 bridgehead atoms. The number of nitrogens with one attached hydrogen (secondary N) is 2. The number of ketones is 1. The third kappa shape index (κ3) is 10.9. The van der Waals surface area contributed by atoms with E-state index in [1.54, 1.807) is 63.2 Å². The van der Waals surface area contributed by atoms with E-state index in [0.717, 1.165) is 25.3 Å². The van der Waals surface area contributed by atoms with Crippen molar-refractivity contribution in [1.29, 1.82) is 0 Å². The highest BCUT2D eigenvalue weighted by Crippen LogP contribution is 2.51. The van der Waals surface area contributed by atoms with Gasteiger partial charge in [0.1, 0.15) is 40.4 Å². The number of fused-ring (bicyclic) bond motifs is 13. The number of esters is 1. The van der Waals surface area contributed by atoms with E-state index in [4.69, 9.17) is 19.2 Å². The van der Waals surface area contributed by atoms with Crippen molar-refractivity contribution >= 4 is 45.7 Å². The molecule has 2 aromatic carbocycles. The van der Waals surface area contributed by atoms with Crippen LogP contribution in [-0.4, -0.2) is 127 Å². The Hall–Kier alpha value is -6.37. The first-order valence-corrected chi connectivity index (χ1v) is 25.3. The van der Waals surface area contributed by atoms with Gasteiger partial charge in [0.2, 0.25) is 5.91 Å². The summed E-state index contributed by atoms with van der Waals surface area (Å²) < 4.78 is 18.3. The van der Waals surface area contributed by atoms with Crippen LogP contribution in [0.4, 0.5) is 11.4 Å². The van der Waals surface area contributed by atoms with Crippen LogP contribution in [0.5, 0.6) is 17.2 Å². The highest BCUT2D eigenvalue weighted by atomic mass is 16.7. The fourth-order valence-electron chi connectivity index (χ4n) is 10.5. The molecule has 0 radical (unpaired) electrons. The van der Waals surface area contributed by atoms with Crippen molar-refractivity contribution in [3.8, 4) is 17.2 Å². The number of carbonyl (C=O) groups is 4. The van der Waals surface area contributed by atoms with Crippen LogP contribution >= 0.6 is 0 Å². The maximum atomic E-state index is 14.8. The smallest absolute Gasteiger partial charge is 0.315 e. The molecule has 6 aliphatic heterocycles. The summed E-state index contributed by atoms with van der Waals surface area (Å²) in [5, 5.41) is 54.0. The van der Waals surface area contributed by atoms with Crippen LogP contribution in [0.2, 0.25) is 0 Å². The van der Waals surface area contributed by atoms with Gasteiger partial charge in [0.15, 0.2) is 5.75 Å². The molecule has 6 N–H and O–H groups in total. The zero-order chi connectivity index (χ0) is 51.6. The van der Waals surface area contributed by atoms with Crippen LogP contribution in [0.15, 0.2) is 70.7 Å². The second kappa shape index (κ2) is 21.4. The zero-order valence-electron chi connectivity index (χ0n) is 42.3. The molecule has 3 aromatic rings. The fraction of sp³-hybridized carbons (Fsp3) is 0.537. The first-order chi connectivity index (χ1) is 34.3. The van der Waals surface area contributed by atoms with E-state index in [1.165, 1.54) is 19.3 Å². The monoisotopic (exact) mass is 992 g/mol. The van der Waals surface area contributed by atoms with Crippen LogP contribution < -0.4 is 26.1 Å². The molecule has 9 rings (SSSR count). The van der Waals surface area contributed by atoms with Gasteiger partial charge in [0.25, 0.3) is 11.7 Å². The number of rotatable bonds is 7. The summed E-state index contributed by atoms with van der Waals surface area (Å²) >= 11 is 0. The molecule has 0 aliphatic carbocycles. The SMILES string of the molecule is C/C1=C/C=C/C(C)[C@H](O)[C@@H](C)[C@@H](O)C[C@H](OC(=O)CC(=O)N2CCC(Nc3cccnc3)CC2)CC/C=C/O[C@@]2(C)Oc3c(C)c(O)c4c(O)c(c5c(c4c3C2=O)NC2(CCN(CC(C)C)CC2)N=5)=NC1=O. The molecule has 2 amide bonds. The summed E-state index contributed by atoms with van der Waals surface area (Å²) in [5.74, 6) is -5.92. The van der Waals surface area contributed by atoms with Gasteiger partial charge in [-0.25, -0.2) is 4.99 Å². The molecule has 2 fully saturated rings. The van der Waals surface area contributed by atoms with E-state index in [2.05, 4.69) is 39.4 Å². The van der Waals surface area contributed by atoms with Crippen molar-refractivity contribution in [1.82, 2.24) is 14.8 Å². The summed E-state index contributed by atoms with van der Waals surface area (Å²) in [6.45, 7) is 15.6. The predicted octanol–water partition coefficient (Wildman–Crippen LogP) is 5.50. The molecular formula is C54H69N7O11. The number of aliphatic hydroxyl groups is 2. The minimum atomic E-state index is -1.93. The number of ether oxygens (including phenoxy) is 3. The molecule has 6 aliphatic rings. The number of benzene rings is 2. The number of Topliss-reactive ketones (excluding diaryl/α,β-unsaturated/α-hetero) is 1. The van der Waals surface area contributed by atoms with E-state index in [0.29, 0.717) is 50.4 Å². The van der Waals surface area contributed by atoms with Crippen LogP contribution in [0, 0.1) is 24.7 Å². The number of piperidine rings is 2. The highest BCUT2D eigenvalue weighted by molar-refractivity contribution is 6.21. The molecule has 1 spiro atoms. The number of allylic oxidation sites excluding steroid dienone is 3. The molecule has 386 valence electrons. The quantitative estimate of drug-likeness (QED) is 0.0973. The summed E-state index contributed by atoms with van der Waals surface area (Å²) in [5.41, 5.74) is 0.762. The number of nitrogens with zero attached hydrogens (tertiary/aromatic N) is 5. The summed E-state index contributed by atoms with van der Waals surface area (Å²) in [6, 6.07) is 3.93. The summed E-state index contributed by atoms with van der Waals surface area (Å²) in [6.07, 6.45) is 10.6. The number of aromatic nitrogens is 1. The van der Waals surface area contributed by atoms with Crippen molar-refractivity contribution < 1.29 is 53.8 Å². The van der Waals surface area contributed by atoms with Gasteiger partial charge in [-0.15, -0.1) is 0 Å². The van der Waals surface area contributed by atoms with E-state index in [-0.39, 0.29) is 80.9 Å². The standard InChI is InChI=1S/C54H69N7O11/c1-30(2)29-60-23-18-54(19-24-60)58-44-41-42-48(66)34(6)50-43(41)51(68)53(7,72-50)70-25-9-8-15-37(71-40(64)27-39(63)61-21-16-35(17-22-61)56-36-14-11-20-55-28-36)26-38(62)33(5)47(65)31(3)12-10-13-32(4)52(69)57-46(49(42)67)45(44)59-54/h9-14,20,25,28,30-31,33,35,37-38,47,56,58,62,65-67H,8,15-19,21-24,26-27,29H2,1-7H3/b12-10+,25-9+,32-13-,57-46?/t31?,33-,37+,38-,47-,53-/m0/s1. The van der Waals surface area contributed by atoms with Crippen molar-refractivity contribution in [3.05, 3.63) is 82.5 Å². The normalized spacial score (nSPS) is 27.8. The Kier molecular flexibility index (Phi) is 15.4. The van der Waals surface area contributed by atoms with Gasteiger partial charge in [0.05, 0.1) is 40.8 Å². The Morgan fingerprint density at radius 1 is 1.01 bits per heavy atom. The van der Waals surface area contributed by atoms with Crippen molar-refractivity contribution in [2.75, 3.05) is 43.4 Å². The van der Waals surface area contributed by atoms with Gasteiger partial charge < -0.3 is 55.1 Å². The average molecular weight is 992 g/mol. The van der Waals surface area contributed by atoms with E-state index in [9.17, 15) is 39.6 Å². The molecule has 1 aromatic heterocycles. The van der Waals surface area contributed by atoms with Crippen LogP contribution in [0.25, 0.3) is 10.8 Å². The van der Waals surface area contributed by atoms with Crippen LogP contribution in [0.3, 0.4) is 0 Å². The number of pyridine rings is 1. The molecule has 1 unspecified atom stereocenters. The maximum absolute atomic E-state index is 14.8. The number of aromatic hydroxyl groups is 2.